The molecule has 0 unspecified atom stereocenters. The molecule has 0 aromatic heterocycles. The third-order valence-electron chi connectivity index (χ3n) is 1.96. The Morgan fingerprint density at radius 1 is 1.44 bits per heavy atom. The van der Waals surface area contributed by atoms with Gasteiger partial charge in [-0.25, -0.2) is 4.79 Å². The standard InChI is InChI=1S/C12H14O4/c1-8(2)12(14)16-11-6-9(7-13)4-5-10(11)15-3/h4-6,13H,1,7H2,2-3H3. The molecule has 0 fully saturated rings. The van der Waals surface area contributed by atoms with Crippen LogP contribution in [0.5, 0.6) is 11.5 Å². The van der Waals surface area contributed by atoms with Crippen LogP contribution in [0.4, 0.5) is 0 Å². The molecule has 86 valence electrons. The summed E-state index contributed by atoms with van der Waals surface area (Å²) in [6.07, 6.45) is 0. The summed E-state index contributed by atoms with van der Waals surface area (Å²) in [7, 11) is 1.48. The lowest BCUT2D eigenvalue weighted by atomic mass is 10.2. The van der Waals surface area contributed by atoms with Gasteiger partial charge in [0.2, 0.25) is 0 Å². The molecule has 0 aliphatic heterocycles. The zero-order valence-electron chi connectivity index (χ0n) is 9.32. The van der Waals surface area contributed by atoms with Crippen LogP contribution in [0.25, 0.3) is 0 Å². The molecule has 0 heterocycles. The van der Waals surface area contributed by atoms with Crippen LogP contribution in [-0.2, 0) is 11.4 Å². The first-order valence-electron chi connectivity index (χ1n) is 4.74. The fourth-order valence-electron chi connectivity index (χ4n) is 1.09. The molecule has 1 N–H and O–H groups in total. The highest BCUT2D eigenvalue weighted by Crippen LogP contribution is 2.28. The summed E-state index contributed by atoms with van der Waals surface area (Å²) in [5.41, 5.74) is 0.946. The van der Waals surface area contributed by atoms with Gasteiger partial charge in [0.05, 0.1) is 13.7 Å². The molecule has 16 heavy (non-hydrogen) atoms. The van der Waals surface area contributed by atoms with Gasteiger partial charge < -0.3 is 14.6 Å². The fraction of sp³-hybridized carbons (Fsp3) is 0.250. The van der Waals surface area contributed by atoms with Gasteiger partial charge in [-0.3, -0.25) is 0 Å². The van der Waals surface area contributed by atoms with Crippen molar-refractivity contribution in [3.63, 3.8) is 0 Å². The zero-order chi connectivity index (χ0) is 12.1. The number of rotatable bonds is 4. The van der Waals surface area contributed by atoms with Gasteiger partial charge in [0.15, 0.2) is 11.5 Å². The molecule has 0 amide bonds. The molecular weight excluding hydrogens is 208 g/mol. The first-order chi connectivity index (χ1) is 7.58. The number of aliphatic hydroxyl groups is 1. The van der Waals surface area contributed by atoms with Gasteiger partial charge >= 0.3 is 5.97 Å². The second-order valence-electron chi connectivity index (χ2n) is 3.31. The van der Waals surface area contributed by atoms with Crippen molar-refractivity contribution >= 4 is 5.97 Å². The van der Waals surface area contributed by atoms with Gasteiger partial charge in [-0.1, -0.05) is 12.6 Å². The maximum absolute atomic E-state index is 11.3. The van der Waals surface area contributed by atoms with Crippen molar-refractivity contribution < 1.29 is 19.4 Å². The summed E-state index contributed by atoms with van der Waals surface area (Å²) >= 11 is 0. The van der Waals surface area contributed by atoms with Crippen LogP contribution in [0.3, 0.4) is 0 Å². The van der Waals surface area contributed by atoms with Crippen molar-refractivity contribution in [2.24, 2.45) is 0 Å². The lowest BCUT2D eigenvalue weighted by molar-refractivity contribution is -0.130. The minimum atomic E-state index is -0.520. The summed E-state index contributed by atoms with van der Waals surface area (Å²) < 4.78 is 10.1. The summed E-state index contributed by atoms with van der Waals surface area (Å²) in [6.45, 7) is 4.92. The topological polar surface area (TPSA) is 55.8 Å². The first kappa shape index (κ1) is 12.3. The lowest BCUT2D eigenvalue weighted by Gasteiger charge is -2.10. The van der Waals surface area contributed by atoms with E-state index in [1.54, 1.807) is 25.1 Å². The second kappa shape index (κ2) is 5.32. The quantitative estimate of drug-likeness (QED) is 0.478. The second-order valence-corrected chi connectivity index (χ2v) is 3.31. The molecule has 4 heteroatoms. The van der Waals surface area contributed by atoms with E-state index in [0.29, 0.717) is 16.9 Å². The number of esters is 1. The Hall–Kier alpha value is -1.81. The molecule has 1 aromatic carbocycles. The Balaban J connectivity index is 3.00. The number of aliphatic hydroxyl groups excluding tert-OH is 1. The van der Waals surface area contributed by atoms with Crippen molar-refractivity contribution in [2.45, 2.75) is 13.5 Å². The smallest absolute Gasteiger partial charge is 0.338 e. The number of hydrogen-bond acceptors (Lipinski definition) is 4. The van der Waals surface area contributed by atoms with Gasteiger partial charge in [-0.05, 0) is 24.6 Å². The Labute approximate surface area is 94.1 Å². The fourth-order valence-corrected chi connectivity index (χ4v) is 1.09. The van der Waals surface area contributed by atoms with E-state index in [9.17, 15) is 4.79 Å². The molecular formula is C12H14O4. The average Bonchev–Trinajstić information content (AvgIpc) is 2.28. The van der Waals surface area contributed by atoms with Gasteiger partial charge in [0, 0.05) is 5.57 Å². The van der Waals surface area contributed by atoms with Crippen LogP contribution in [0.1, 0.15) is 12.5 Å². The molecule has 4 nitrogen and oxygen atoms in total. The van der Waals surface area contributed by atoms with Crippen LogP contribution in [0, 0.1) is 0 Å². The Bertz CT molecular complexity index is 409. The summed E-state index contributed by atoms with van der Waals surface area (Å²) in [4.78, 5) is 11.3. The molecule has 1 aromatic rings. The molecule has 0 radical (unpaired) electrons. The number of benzene rings is 1. The van der Waals surface area contributed by atoms with E-state index in [2.05, 4.69) is 6.58 Å². The minimum absolute atomic E-state index is 0.123. The Morgan fingerprint density at radius 3 is 2.62 bits per heavy atom. The predicted molar refractivity (Wildman–Crippen MR) is 59.4 cm³/mol. The summed E-state index contributed by atoms with van der Waals surface area (Å²) in [5, 5.41) is 8.97. The van der Waals surface area contributed by atoms with Crippen molar-refractivity contribution in [2.75, 3.05) is 7.11 Å². The van der Waals surface area contributed by atoms with E-state index in [1.807, 2.05) is 0 Å². The van der Waals surface area contributed by atoms with E-state index in [0.717, 1.165) is 0 Å². The zero-order valence-corrected chi connectivity index (χ0v) is 9.32. The highest BCUT2D eigenvalue weighted by molar-refractivity contribution is 5.89. The Morgan fingerprint density at radius 2 is 2.12 bits per heavy atom. The van der Waals surface area contributed by atoms with Crippen LogP contribution in [0.15, 0.2) is 30.4 Å². The molecule has 0 saturated heterocycles. The maximum atomic E-state index is 11.3. The van der Waals surface area contributed by atoms with Gasteiger partial charge in [-0.2, -0.15) is 0 Å². The van der Waals surface area contributed by atoms with Crippen LogP contribution < -0.4 is 9.47 Å². The van der Waals surface area contributed by atoms with Crippen molar-refractivity contribution in [1.29, 1.82) is 0 Å². The summed E-state index contributed by atoms with van der Waals surface area (Å²) in [6, 6.07) is 4.88. The van der Waals surface area contributed by atoms with Crippen molar-refractivity contribution in [3.8, 4) is 11.5 Å². The number of ether oxygens (including phenoxy) is 2. The van der Waals surface area contributed by atoms with Crippen LogP contribution in [0.2, 0.25) is 0 Å². The molecule has 0 saturated carbocycles. The average molecular weight is 222 g/mol. The van der Waals surface area contributed by atoms with Gasteiger partial charge in [0.25, 0.3) is 0 Å². The van der Waals surface area contributed by atoms with E-state index in [1.165, 1.54) is 7.11 Å². The van der Waals surface area contributed by atoms with Gasteiger partial charge in [0.1, 0.15) is 0 Å². The van der Waals surface area contributed by atoms with Crippen molar-refractivity contribution in [1.82, 2.24) is 0 Å². The summed E-state index contributed by atoms with van der Waals surface area (Å²) in [5.74, 6) is 0.197. The number of hydrogen-bond donors (Lipinski definition) is 1. The molecule has 0 spiro atoms. The van der Waals surface area contributed by atoms with Crippen molar-refractivity contribution in [3.05, 3.63) is 35.9 Å². The van der Waals surface area contributed by atoms with E-state index in [-0.39, 0.29) is 12.4 Å². The first-order valence-corrected chi connectivity index (χ1v) is 4.74. The van der Waals surface area contributed by atoms with E-state index >= 15 is 0 Å². The highest BCUT2D eigenvalue weighted by atomic mass is 16.6. The van der Waals surface area contributed by atoms with E-state index < -0.39 is 5.97 Å². The normalized spacial score (nSPS) is 9.69. The highest BCUT2D eigenvalue weighted by Gasteiger charge is 2.11. The molecule has 0 aliphatic rings. The molecule has 0 atom stereocenters. The Kier molecular flexibility index (Phi) is 4.08. The van der Waals surface area contributed by atoms with Crippen LogP contribution >= 0.6 is 0 Å². The van der Waals surface area contributed by atoms with E-state index in [4.69, 9.17) is 14.6 Å². The monoisotopic (exact) mass is 222 g/mol. The third-order valence-corrected chi connectivity index (χ3v) is 1.96. The maximum Gasteiger partial charge on any atom is 0.338 e. The number of methoxy groups -OCH3 is 1. The number of carbonyl (C=O) groups excluding carboxylic acids is 1. The molecule has 1 rings (SSSR count). The largest absolute Gasteiger partial charge is 0.493 e. The van der Waals surface area contributed by atoms with Crippen LogP contribution in [-0.4, -0.2) is 18.2 Å². The third kappa shape index (κ3) is 2.84. The minimum Gasteiger partial charge on any atom is -0.493 e. The molecule has 0 bridgehead atoms. The number of carbonyl (C=O) groups is 1. The lowest BCUT2D eigenvalue weighted by Crippen LogP contribution is -2.09. The molecule has 0 aliphatic carbocycles. The SMILES string of the molecule is C=C(C)C(=O)Oc1cc(CO)ccc1OC. The predicted octanol–water partition coefficient (Wildman–Crippen LogP) is 1.67. The van der Waals surface area contributed by atoms with Gasteiger partial charge in [-0.15, -0.1) is 0 Å².